The lowest BCUT2D eigenvalue weighted by molar-refractivity contribution is 0.0689. The molecule has 0 amide bonds. The molecule has 0 fully saturated rings. The van der Waals surface area contributed by atoms with Crippen LogP contribution in [0.15, 0.2) is 26.3 Å². The third-order valence-corrected chi connectivity index (χ3v) is 5.23. The highest BCUT2D eigenvalue weighted by molar-refractivity contribution is 8.22. The molecular weight excluding hydrogens is 316 g/mol. The normalized spacial score (nSPS) is 20.6. The molecule has 0 saturated heterocycles. The van der Waals surface area contributed by atoms with Gasteiger partial charge in [-0.2, -0.15) is 0 Å². The minimum atomic E-state index is -1.65. The summed E-state index contributed by atoms with van der Waals surface area (Å²) in [5.41, 5.74) is 5.36. The van der Waals surface area contributed by atoms with Crippen molar-refractivity contribution in [2.75, 3.05) is 5.73 Å². The first-order chi connectivity index (χ1) is 8.82. The second-order valence-electron chi connectivity index (χ2n) is 3.64. The molecule has 0 spiro atoms. The Labute approximate surface area is 120 Å². The van der Waals surface area contributed by atoms with Crippen LogP contribution in [0.4, 0.5) is 10.2 Å². The third-order valence-electron chi connectivity index (χ3n) is 2.40. The van der Waals surface area contributed by atoms with E-state index in [1.165, 1.54) is 12.3 Å². The minimum absolute atomic E-state index is 0.0261. The van der Waals surface area contributed by atoms with Gasteiger partial charge in [-0.15, -0.1) is 10.9 Å². The number of carbonyl (C=O) groups is 1. The van der Waals surface area contributed by atoms with Crippen molar-refractivity contribution in [1.29, 1.82) is 0 Å². The summed E-state index contributed by atoms with van der Waals surface area (Å²) in [6, 6.07) is 0. The van der Waals surface area contributed by atoms with Crippen LogP contribution < -0.4 is 5.73 Å². The molecule has 9 heteroatoms. The standard InChI is InChI=1S/C10H8Cl2FN3O2S/c1-3-4(11)2-19(7(3)13)10-15-6(9(17)18)5(12)8(14)16-10/h2,19H,1H3,(H,17,18)(H2,14,15,16). The van der Waals surface area contributed by atoms with E-state index in [-0.39, 0.29) is 21.0 Å². The van der Waals surface area contributed by atoms with Crippen molar-refractivity contribution < 1.29 is 14.3 Å². The van der Waals surface area contributed by atoms with E-state index in [0.717, 1.165) is 0 Å². The first-order valence-electron chi connectivity index (χ1n) is 4.92. The number of aromatic carboxylic acids is 1. The van der Waals surface area contributed by atoms with E-state index in [0.29, 0.717) is 5.57 Å². The van der Waals surface area contributed by atoms with E-state index >= 15 is 0 Å². The summed E-state index contributed by atoms with van der Waals surface area (Å²) in [4.78, 5) is 18.6. The predicted molar refractivity (Wildman–Crippen MR) is 73.4 cm³/mol. The average molecular weight is 324 g/mol. The highest BCUT2D eigenvalue weighted by Gasteiger charge is 2.26. The molecule has 0 aromatic carbocycles. The molecule has 0 bridgehead atoms. The number of carboxylic acids is 1. The van der Waals surface area contributed by atoms with E-state index < -0.39 is 27.7 Å². The van der Waals surface area contributed by atoms with Gasteiger partial charge in [0.1, 0.15) is 10.8 Å². The molecule has 0 radical (unpaired) electrons. The molecule has 0 saturated carbocycles. The molecule has 5 nitrogen and oxygen atoms in total. The summed E-state index contributed by atoms with van der Waals surface area (Å²) in [5, 5.41) is 9.91. The van der Waals surface area contributed by atoms with Gasteiger partial charge in [-0.3, -0.25) is 0 Å². The molecule has 1 aromatic rings. The van der Waals surface area contributed by atoms with Crippen molar-refractivity contribution in [1.82, 2.24) is 9.97 Å². The van der Waals surface area contributed by atoms with Gasteiger partial charge in [0.15, 0.2) is 16.0 Å². The van der Waals surface area contributed by atoms with Gasteiger partial charge >= 0.3 is 5.97 Å². The molecule has 1 aliphatic heterocycles. The Morgan fingerprint density at radius 3 is 2.58 bits per heavy atom. The number of rotatable bonds is 2. The molecular formula is C10H8Cl2FN3O2S. The van der Waals surface area contributed by atoms with Gasteiger partial charge in [0.05, 0.1) is 5.03 Å². The van der Waals surface area contributed by atoms with Crippen molar-refractivity contribution in [2.45, 2.75) is 12.1 Å². The van der Waals surface area contributed by atoms with Crippen LogP contribution >= 0.6 is 34.1 Å². The van der Waals surface area contributed by atoms with Crippen LogP contribution in [0.2, 0.25) is 5.02 Å². The zero-order valence-electron chi connectivity index (χ0n) is 9.49. The van der Waals surface area contributed by atoms with E-state index in [9.17, 15) is 9.18 Å². The summed E-state index contributed by atoms with van der Waals surface area (Å²) in [6.45, 7) is 1.52. The molecule has 0 aliphatic carbocycles. The Morgan fingerprint density at radius 2 is 2.11 bits per heavy atom. The number of carboxylic acid groups (broad SMARTS) is 1. The Bertz CT molecular complexity index is 648. The number of thiol groups is 1. The van der Waals surface area contributed by atoms with Gasteiger partial charge in [0.2, 0.25) is 0 Å². The van der Waals surface area contributed by atoms with Crippen LogP contribution in [-0.2, 0) is 0 Å². The maximum Gasteiger partial charge on any atom is 0.356 e. The van der Waals surface area contributed by atoms with E-state index in [1.54, 1.807) is 0 Å². The average Bonchev–Trinajstić information content (AvgIpc) is 2.60. The lowest BCUT2D eigenvalue weighted by atomic mass is 10.3. The van der Waals surface area contributed by atoms with Crippen LogP contribution in [0.25, 0.3) is 0 Å². The van der Waals surface area contributed by atoms with Gasteiger partial charge < -0.3 is 10.8 Å². The Morgan fingerprint density at radius 1 is 1.47 bits per heavy atom. The predicted octanol–water partition coefficient (Wildman–Crippen LogP) is 3.07. The summed E-state index contributed by atoms with van der Waals surface area (Å²) in [7, 11) is -1.65. The lowest BCUT2D eigenvalue weighted by Crippen LogP contribution is -2.08. The van der Waals surface area contributed by atoms with Crippen molar-refractivity contribution in [2.24, 2.45) is 0 Å². The molecule has 19 heavy (non-hydrogen) atoms. The minimum Gasteiger partial charge on any atom is -0.476 e. The fourth-order valence-corrected chi connectivity index (χ4v) is 3.73. The number of halogens is 3. The molecule has 1 unspecified atom stereocenters. The van der Waals surface area contributed by atoms with Crippen LogP contribution in [-0.4, -0.2) is 21.0 Å². The quantitative estimate of drug-likeness (QED) is 0.575. The van der Waals surface area contributed by atoms with E-state index in [2.05, 4.69) is 9.97 Å². The molecule has 1 aromatic heterocycles. The van der Waals surface area contributed by atoms with Gasteiger partial charge in [0.25, 0.3) is 0 Å². The van der Waals surface area contributed by atoms with Crippen molar-refractivity contribution >= 4 is 45.9 Å². The first kappa shape index (κ1) is 14.1. The maximum absolute atomic E-state index is 14.0. The SMILES string of the molecule is CC1=C(F)[SH](c2nc(N)c(Cl)c(C(=O)O)n2)C=C1Cl. The van der Waals surface area contributed by atoms with Gasteiger partial charge in [-0.25, -0.2) is 19.2 Å². The molecule has 1 aliphatic rings. The van der Waals surface area contributed by atoms with Gasteiger partial charge in [-0.1, -0.05) is 23.2 Å². The fourth-order valence-electron chi connectivity index (χ4n) is 1.39. The summed E-state index contributed by atoms with van der Waals surface area (Å²) in [5.74, 6) is -1.56. The van der Waals surface area contributed by atoms with E-state index in [4.69, 9.17) is 34.0 Å². The Balaban J connectivity index is 2.57. The Kier molecular flexibility index (Phi) is 3.71. The van der Waals surface area contributed by atoms with Crippen LogP contribution in [0.1, 0.15) is 17.4 Å². The largest absolute Gasteiger partial charge is 0.476 e. The van der Waals surface area contributed by atoms with Crippen LogP contribution in [0, 0.1) is 0 Å². The number of allylic oxidation sites excluding steroid dienone is 2. The Hall–Kier alpha value is -1.31. The lowest BCUT2D eigenvalue weighted by Gasteiger charge is -2.12. The number of hydrogen-bond donors (Lipinski definition) is 3. The summed E-state index contributed by atoms with van der Waals surface area (Å²) < 4.78 is 14.0. The molecule has 1 atom stereocenters. The van der Waals surface area contributed by atoms with Gasteiger partial charge in [0, 0.05) is 5.57 Å². The second kappa shape index (κ2) is 4.99. The van der Waals surface area contributed by atoms with Crippen LogP contribution in [0.3, 0.4) is 0 Å². The highest BCUT2D eigenvalue weighted by atomic mass is 35.5. The van der Waals surface area contributed by atoms with Gasteiger partial charge in [-0.05, 0) is 12.3 Å². The molecule has 2 heterocycles. The molecule has 2 rings (SSSR count). The smallest absolute Gasteiger partial charge is 0.356 e. The zero-order valence-corrected chi connectivity index (χ0v) is 11.9. The monoisotopic (exact) mass is 323 g/mol. The maximum atomic E-state index is 14.0. The third kappa shape index (κ3) is 2.41. The summed E-state index contributed by atoms with van der Waals surface area (Å²) in [6.07, 6.45) is 0. The first-order valence-corrected chi connectivity index (χ1v) is 7.09. The highest BCUT2D eigenvalue weighted by Crippen LogP contribution is 2.53. The second-order valence-corrected chi connectivity index (χ2v) is 6.22. The molecule has 3 N–H and O–H groups in total. The van der Waals surface area contributed by atoms with E-state index in [1.807, 2.05) is 0 Å². The number of nitrogens with two attached hydrogens (primary N) is 1. The number of hydrogen-bond acceptors (Lipinski definition) is 4. The number of aromatic nitrogens is 2. The summed E-state index contributed by atoms with van der Waals surface area (Å²) >= 11 is 11.5. The molecule has 102 valence electrons. The zero-order chi connectivity index (χ0) is 14.3. The fraction of sp³-hybridized carbons (Fsp3) is 0.100. The number of nitrogens with zero attached hydrogens (tertiary/aromatic N) is 2. The van der Waals surface area contributed by atoms with Crippen molar-refractivity contribution in [3.63, 3.8) is 0 Å². The number of nitrogen functional groups attached to an aromatic ring is 1. The van der Waals surface area contributed by atoms with Crippen molar-refractivity contribution in [3.05, 3.63) is 31.9 Å². The topological polar surface area (TPSA) is 89.1 Å². The van der Waals surface area contributed by atoms with Crippen molar-refractivity contribution in [3.8, 4) is 0 Å². The number of anilines is 1. The van der Waals surface area contributed by atoms with Crippen LogP contribution in [0.5, 0.6) is 0 Å².